The Labute approximate surface area is 104 Å². The summed E-state index contributed by atoms with van der Waals surface area (Å²) in [6, 6.07) is 0. The molecule has 3 N–H and O–H groups in total. The van der Waals surface area contributed by atoms with E-state index in [0.717, 1.165) is 17.5 Å². The fourth-order valence-corrected chi connectivity index (χ4v) is 3.25. The minimum absolute atomic E-state index is 0.262. The Morgan fingerprint density at radius 1 is 1.59 bits per heavy atom. The van der Waals surface area contributed by atoms with Gasteiger partial charge in [-0.1, -0.05) is 18.1 Å². The van der Waals surface area contributed by atoms with Crippen molar-refractivity contribution in [3.8, 4) is 0 Å². The number of nitrogens with two attached hydrogens (primary N) is 1. The molecule has 2 rings (SSSR count). The number of aromatic nitrogens is 3. The quantitative estimate of drug-likeness (QED) is 0.456. The van der Waals surface area contributed by atoms with Gasteiger partial charge in [0.25, 0.3) is 5.91 Å². The highest BCUT2D eigenvalue weighted by molar-refractivity contribution is 7.99. The zero-order valence-electron chi connectivity index (χ0n) is 9.63. The number of hydrogen-bond acceptors (Lipinski definition) is 5. The first-order chi connectivity index (χ1) is 8.29. The van der Waals surface area contributed by atoms with E-state index >= 15 is 0 Å². The fraction of sp³-hybridized carbons (Fsp3) is 0.700. The molecule has 1 aliphatic carbocycles. The maximum atomic E-state index is 11.2. The predicted molar refractivity (Wildman–Crippen MR) is 66.4 cm³/mol. The van der Waals surface area contributed by atoms with Gasteiger partial charge in [-0.3, -0.25) is 14.9 Å². The number of thioether (sulfide) groups is 1. The summed E-state index contributed by atoms with van der Waals surface area (Å²) in [4.78, 5) is 11.2. The minimum Gasteiger partial charge on any atom is -0.289 e. The number of hydrazine groups is 1. The molecule has 0 atom stereocenters. The van der Waals surface area contributed by atoms with Gasteiger partial charge in [-0.25, -0.2) is 5.84 Å². The number of amides is 1. The normalized spacial score (nSPS) is 16.3. The van der Waals surface area contributed by atoms with Crippen molar-refractivity contribution < 1.29 is 4.79 Å². The van der Waals surface area contributed by atoms with E-state index in [1.54, 1.807) is 10.9 Å². The van der Waals surface area contributed by atoms with Gasteiger partial charge in [0.05, 0.1) is 12.7 Å². The average molecular weight is 255 g/mol. The molecule has 1 fully saturated rings. The smallest absolute Gasteiger partial charge is 0.287 e. The maximum absolute atomic E-state index is 11.2. The van der Waals surface area contributed by atoms with Crippen LogP contribution in [0.3, 0.4) is 0 Å². The molecule has 0 unspecified atom stereocenters. The van der Waals surface area contributed by atoms with Crippen LogP contribution in [0.1, 0.15) is 36.2 Å². The molecular weight excluding hydrogens is 238 g/mol. The zero-order chi connectivity index (χ0) is 12.1. The molecule has 7 heteroatoms. The number of hydrogen-bond donors (Lipinski definition) is 2. The highest BCUT2D eigenvalue weighted by Gasteiger charge is 2.15. The maximum Gasteiger partial charge on any atom is 0.287 e. The molecule has 0 aromatic carbocycles. The Morgan fingerprint density at radius 2 is 2.35 bits per heavy atom. The highest BCUT2D eigenvalue weighted by Crippen LogP contribution is 2.29. The van der Waals surface area contributed by atoms with Crippen LogP contribution in [0.5, 0.6) is 0 Å². The molecular formula is C10H17N5OS. The second-order valence-electron chi connectivity index (χ2n) is 4.12. The van der Waals surface area contributed by atoms with Crippen LogP contribution in [0.2, 0.25) is 0 Å². The second kappa shape index (κ2) is 6.02. The predicted octanol–water partition coefficient (Wildman–Crippen LogP) is 0.557. The second-order valence-corrected chi connectivity index (χ2v) is 5.53. The molecule has 1 saturated carbocycles. The number of carbonyl (C=O) groups is 1. The molecule has 1 aromatic rings. The lowest BCUT2D eigenvalue weighted by molar-refractivity contribution is 0.0948. The van der Waals surface area contributed by atoms with Gasteiger partial charge in [0, 0.05) is 11.0 Å². The third kappa shape index (κ3) is 3.44. The highest BCUT2D eigenvalue weighted by atomic mass is 32.2. The molecule has 0 aliphatic heterocycles. The van der Waals surface area contributed by atoms with E-state index in [4.69, 9.17) is 5.84 Å². The molecule has 1 aromatic heterocycles. The SMILES string of the molecule is NNC(=O)c1cn(CCSC2CCCC2)nn1. The first kappa shape index (κ1) is 12.4. The van der Waals surface area contributed by atoms with Gasteiger partial charge in [-0.05, 0) is 12.8 Å². The zero-order valence-corrected chi connectivity index (χ0v) is 10.4. The van der Waals surface area contributed by atoms with Crippen molar-refractivity contribution in [1.82, 2.24) is 20.4 Å². The molecule has 17 heavy (non-hydrogen) atoms. The number of nitrogens with zero attached hydrogens (tertiary/aromatic N) is 3. The Bertz CT molecular complexity index is 375. The van der Waals surface area contributed by atoms with E-state index in [9.17, 15) is 4.79 Å². The summed E-state index contributed by atoms with van der Waals surface area (Å²) in [5.41, 5.74) is 2.30. The fourth-order valence-electron chi connectivity index (χ4n) is 1.95. The molecule has 1 amide bonds. The first-order valence-corrected chi connectivity index (χ1v) is 6.87. The number of rotatable bonds is 5. The molecule has 0 bridgehead atoms. The number of aryl methyl sites for hydroxylation is 1. The monoisotopic (exact) mass is 255 g/mol. The van der Waals surface area contributed by atoms with Crippen LogP contribution in [-0.2, 0) is 6.54 Å². The van der Waals surface area contributed by atoms with E-state index in [-0.39, 0.29) is 5.69 Å². The Kier molecular flexibility index (Phi) is 4.38. The number of nitrogens with one attached hydrogen (secondary N) is 1. The lowest BCUT2D eigenvalue weighted by Crippen LogP contribution is -2.30. The van der Waals surface area contributed by atoms with Gasteiger partial charge < -0.3 is 0 Å². The van der Waals surface area contributed by atoms with E-state index in [0.29, 0.717) is 0 Å². The van der Waals surface area contributed by atoms with Crippen molar-refractivity contribution in [2.45, 2.75) is 37.5 Å². The van der Waals surface area contributed by atoms with Crippen LogP contribution < -0.4 is 11.3 Å². The lowest BCUT2D eigenvalue weighted by Gasteiger charge is -2.07. The van der Waals surface area contributed by atoms with Crippen molar-refractivity contribution in [3.63, 3.8) is 0 Å². The molecule has 0 saturated heterocycles. The van der Waals surface area contributed by atoms with Crippen LogP contribution in [-0.4, -0.2) is 31.9 Å². The minimum atomic E-state index is -0.403. The van der Waals surface area contributed by atoms with Gasteiger partial charge in [-0.2, -0.15) is 11.8 Å². The van der Waals surface area contributed by atoms with Gasteiger partial charge >= 0.3 is 0 Å². The van der Waals surface area contributed by atoms with Crippen LogP contribution in [0.25, 0.3) is 0 Å². The van der Waals surface area contributed by atoms with Crippen LogP contribution in [0, 0.1) is 0 Å². The van der Waals surface area contributed by atoms with Crippen molar-refractivity contribution in [2.75, 3.05) is 5.75 Å². The average Bonchev–Trinajstić information content (AvgIpc) is 2.99. The third-order valence-electron chi connectivity index (χ3n) is 2.88. The molecule has 0 radical (unpaired) electrons. The topological polar surface area (TPSA) is 85.8 Å². The number of nitrogen functional groups attached to an aromatic ring is 1. The standard InChI is InChI=1S/C10H17N5OS/c11-12-10(16)9-7-15(14-13-9)5-6-17-8-3-1-2-4-8/h7-8H,1-6,11H2,(H,12,16). The van der Waals surface area contributed by atoms with E-state index in [1.165, 1.54) is 25.7 Å². The van der Waals surface area contributed by atoms with Gasteiger partial charge in [0.1, 0.15) is 0 Å². The third-order valence-corrected chi connectivity index (χ3v) is 4.24. The summed E-state index contributed by atoms with van der Waals surface area (Å²) in [6.45, 7) is 0.784. The van der Waals surface area contributed by atoms with E-state index < -0.39 is 5.91 Å². The Morgan fingerprint density at radius 3 is 3.06 bits per heavy atom. The van der Waals surface area contributed by atoms with Crippen LogP contribution in [0.4, 0.5) is 0 Å². The van der Waals surface area contributed by atoms with Crippen molar-refractivity contribution in [2.24, 2.45) is 5.84 Å². The van der Waals surface area contributed by atoms with Gasteiger partial charge in [0.2, 0.25) is 0 Å². The first-order valence-electron chi connectivity index (χ1n) is 5.82. The summed E-state index contributed by atoms with van der Waals surface area (Å²) >= 11 is 1.99. The molecule has 1 aliphatic rings. The number of carbonyl (C=O) groups excluding carboxylic acids is 1. The van der Waals surface area contributed by atoms with Gasteiger partial charge in [-0.15, -0.1) is 5.10 Å². The van der Waals surface area contributed by atoms with E-state index in [2.05, 4.69) is 10.3 Å². The van der Waals surface area contributed by atoms with Crippen molar-refractivity contribution in [1.29, 1.82) is 0 Å². The summed E-state index contributed by atoms with van der Waals surface area (Å²) in [6.07, 6.45) is 7.02. The Balaban J connectivity index is 1.74. The van der Waals surface area contributed by atoms with Gasteiger partial charge in [0.15, 0.2) is 5.69 Å². The van der Waals surface area contributed by atoms with Crippen molar-refractivity contribution in [3.05, 3.63) is 11.9 Å². The molecule has 0 spiro atoms. The Hall–Kier alpha value is -1.08. The summed E-state index contributed by atoms with van der Waals surface area (Å²) in [7, 11) is 0. The molecule has 6 nitrogen and oxygen atoms in total. The molecule has 1 heterocycles. The summed E-state index contributed by atoms with van der Waals surface area (Å²) < 4.78 is 1.69. The largest absolute Gasteiger partial charge is 0.289 e. The lowest BCUT2D eigenvalue weighted by atomic mass is 10.4. The molecule has 94 valence electrons. The summed E-state index contributed by atoms with van der Waals surface area (Å²) in [5, 5.41) is 8.45. The van der Waals surface area contributed by atoms with Crippen LogP contribution >= 0.6 is 11.8 Å². The summed E-state index contributed by atoms with van der Waals surface area (Å²) in [5.74, 6) is 5.62. The van der Waals surface area contributed by atoms with Crippen molar-refractivity contribution >= 4 is 17.7 Å². The van der Waals surface area contributed by atoms with Crippen LogP contribution in [0.15, 0.2) is 6.20 Å². The van der Waals surface area contributed by atoms with E-state index in [1.807, 2.05) is 17.2 Å².